The lowest BCUT2D eigenvalue weighted by Gasteiger charge is -1.97. The molecule has 310 valence electrons. The van der Waals surface area contributed by atoms with Crippen LogP contribution in [0.5, 0.6) is 0 Å². The topological polar surface area (TPSA) is 233 Å². The van der Waals surface area contributed by atoms with Crippen molar-refractivity contribution in [2.24, 2.45) is 0 Å². The highest BCUT2D eigenvalue weighted by molar-refractivity contribution is 6.32. The number of carbonyl (C=O) groups is 3. The predicted molar refractivity (Wildman–Crippen MR) is 224 cm³/mol. The van der Waals surface area contributed by atoms with E-state index in [9.17, 15) is 9.59 Å². The Morgan fingerprint density at radius 3 is 1.05 bits per heavy atom. The third-order valence-electron chi connectivity index (χ3n) is 6.30. The highest BCUT2D eigenvalue weighted by atomic mass is 35.5. The number of ether oxygens (including phenoxy) is 2. The highest BCUT2D eigenvalue weighted by Crippen LogP contribution is 2.19. The van der Waals surface area contributed by atoms with Crippen LogP contribution in [0.3, 0.4) is 0 Å². The van der Waals surface area contributed by atoms with Gasteiger partial charge in [0.1, 0.15) is 45.7 Å². The number of carboxylic acid groups (broad SMARTS) is 1. The Morgan fingerprint density at radius 2 is 0.818 bits per heavy atom. The van der Waals surface area contributed by atoms with E-state index >= 15 is 0 Å². The molecule has 0 aliphatic carbocycles. The van der Waals surface area contributed by atoms with Gasteiger partial charge in [0.25, 0.3) is 5.97 Å². The molecule has 6 aromatic heterocycles. The van der Waals surface area contributed by atoms with Crippen molar-refractivity contribution in [3.63, 3.8) is 0 Å². The number of nitrogens with zero attached hydrogens (tertiary/aromatic N) is 9. The van der Waals surface area contributed by atoms with Gasteiger partial charge in [-0.2, -0.15) is 0 Å². The molecule has 6 aromatic rings. The van der Waals surface area contributed by atoms with Gasteiger partial charge >= 0.3 is 11.9 Å². The number of esters is 2. The van der Waals surface area contributed by atoms with E-state index in [4.69, 9.17) is 33.0 Å². The van der Waals surface area contributed by atoms with E-state index in [1.807, 2.05) is 73.3 Å². The SMILES string of the molecule is C.C.C.C.C.CC(=O)O.COC(C)=O.COC(C)=O.Cc1nc(C)n2ccnc(Cl)c12.Cc1nc(C)n2ccnc(N)c12.Cc1nc(C)n2ccnc(N)c12. The van der Waals surface area contributed by atoms with Crippen LogP contribution in [0, 0.1) is 41.5 Å². The number of carboxylic acids is 1. The molecule has 6 heterocycles. The molecule has 0 saturated carbocycles. The number of halogens is 1. The molecule has 0 bridgehead atoms. The molecule has 5 N–H and O–H groups in total. The van der Waals surface area contributed by atoms with E-state index in [-0.39, 0.29) is 49.1 Å². The van der Waals surface area contributed by atoms with Crippen LogP contribution in [-0.4, -0.2) is 80.3 Å². The zero-order valence-corrected chi connectivity index (χ0v) is 30.8. The number of aryl methyl sites for hydroxylation is 6. The van der Waals surface area contributed by atoms with Crippen molar-refractivity contribution in [2.75, 3.05) is 25.7 Å². The smallest absolute Gasteiger partial charge is 0.302 e. The third-order valence-corrected chi connectivity index (χ3v) is 6.58. The first kappa shape index (κ1) is 58.5. The van der Waals surface area contributed by atoms with E-state index in [0.717, 1.165) is 58.0 Å². The molecule has 0 unspecified atom stereocenters. The van der Waals surface area contributed by atoms with Crippen molar-refractivity contribution in [3.05, 3.63) is 76.9 Å². The maximum absolute atomic E-state index is 9.59. The lowest BCUT2D eigenvalue weighted by Crippen LogP contribution is -1.95. The molecule has 0 saturated heterocycles. The summed E-state index contributed by atoms with van der Waals surface area (Å²) in [7, 11) is 2.70. The molecule has 0 spiro atoms. The van der Waals surface area contributed by atoms with Gasteiger partial charge in [0.05, 0.1) is 31.3 Å². The van der Waals surface area contributed by atoms with Crippen molar-refractivity contribution in [2.45, 2.75) is 99.4 Å². The summed E-state index contributed by atoms with van der Waals surface area (Å²) in [6.07, 6.45) is 10.6. The Hall–Kier alpha value is -5.84. The fourth-order valence-corrected chi connectivity index (χ4v) is 4.46. The summed E-state index contributed by atoms with van der Waals surface area (Å²) in [4.78, 5) is 53.0. The van der Waals surface area contributed by atoms with Gasteiger partial charge in [-0.1, -0.05) is 48.7 Å². The average Bonchev–Trinajstić information content (AvgIpc) is 3.63. The highest BCUT2D eigenvalue weighted by Gasteiger charge is 2.08. The number of nitrogen functional groups attached to an aromatic ring is 2. The Kier molecular flexibility index (Phi) is 29.5. The van der Waals surface area contributed by atoms with Crippen molar-refractivity contribution in [1.82, 2.24) is 43.1 Å². The number of aromatic nitrogens is 9. The van der Waals surface area contributed by atoms with Gasteiger partial charge < -0.3 is 26.0 Å². The van der Waals surface area contributed by atoms with E-state index < -0.39 is 5.97 Å². The summed E-state index contributed by atoms with van der Waals surface area (Å²) in [6.45, 7) is 15.4. The lowest BCUT2D eigenvalue weighted by molar-refractivity contribution is -0.138. The Morgan fingerprint density at radius 1 is 0.582 bits per heavy atom. The Bertz CT molecular complexity index is 1840. The number of carbonyl (C=O) groups excluding carboxylic acids is 2. The van der Waals surface area contributed by atoms with Crippen LogP contribution >= 0.6 is 11.6 Å². The van der Waals surface area contributed by atoms with E-state index in [0.29, 0.717) is 16.8 Å². The van der Waals surface area contributed by atoms with Gasteiger partial charge in [0, 0.05) is 58.0 Å². The van der Waals surface area contributed by atoms with Crippen LogP contribution in [0.15, 0.2) is 37.2 Å². The minimum absolute atomic E-state index is 0. The predicted octanol–water partition coefficient (Wildman–Crippen LogP) is 7.49. The fraction of sp³-hybridized carbons (Fsp3) is 0.432. The summed E-state index contributed by atoms with van der Waals surface area (Å²) in [6, 6.07) is 0. The molecule has 0 aliphatic rings. The number of anilines is 2. The minimum atomic E-state index is -0.833. The van der Waals surface area contributed by atoms with Gasteiger partial charge in [0.15, 0.2) is 5.15 Å². The zero-order chi connectivity index (χ0) is 38.3. The normalized spacial score (nSPS) is 8.80. The number of nitrogens with two attached hydrogens (primary N) is 2. The molecule has 55 heavy (non-hydrogen) atoms. The number of hydrogen-bond acceptors (Lipinski definition) is 13. The molecular formula is C37H64ClN11O6. The lowest BCUT2D eigenvalue weighted by atomic mass is 10.4. The van der Waals surface area contributed by atoms with Gasteiger partial charge in [-0.3, -0.25) is 27.6 Å². The van der Waals surface area contributed by atoms with Crippen LogP contribution in [0.25, 0.3) is 16.6 Å². The first-order valence-electron chi connectivity index (χ1n) is 14.7. The maximum atomic E-state index is 9.59. The molecule has 0 aromatic carbocycles. The van der Waals surface area contributed by atoms with Crippen molar-refractivity contribution >= 4 is 57.7 Å². The maximum Gasteiger partial charge on any atom is 0.302 e. The number of hydrogen-bond donors (Lipinski definition) is 3. The van der Waals surface area contributed by atoms with E-state index in [1.54, 1.807) is 18.6 Å². The second-order valence-electron chi connectivity index (χ2n) is 10.1. The number of aliphatic carboxylic acids is 1. The second-order valence-corrected chi connectivity index (χ2v) is 10.5. The summed E-state index contributed by atoms with van der Waals surface area (Å²) >= 11 is 5.90. The molecule has 0 amide bonds. The van der Waals surface area contributed by atoms with Crippen molar-refractivity contribution in [3.8, 4) is 0 Å². The second kappa shape index (κ2) is 27.7. The molecule has 0 radical (unpaired) electrons. The molecule has 0 aliphatic heterocycles. The molecule has 0 atom stereocenters. The first-order valence-corrected chi connectivity index (χ1v) is 15.1. The summed E-state index contributed by atoms with van der Waals surface area (Å²) < 4.78 is 14.0. The van der Waals surface area contributed by atoms with Crippen LogP contribution in [-0.2, 0) is 23.9 Å². The van der Waals surface area contributed by atoms with Gasteiger partial charge in [-0.05, 0) is 41.5 Å². The minimum Gasteiger partial charge on any atom is -0.481 e. The number of methoxy groups -OCH3 is 2. The Labute approximate surface area is 331 Å². The van der Waals surface area contributed by atoms with E-state index in [1.165, 1.54) is 28.1 Å². The van der Waals surface area contributed by atoms with Gasteiger partial charge in [-0.25, -0.2) is 29.9 Å². The van der Waals surface area contributed by atoms with Gasteiger partial charge in [0.2, 0.25) is 0 Å². The van der Waals surface area contributed by atoms with Crippen LogP contribution in [0.4, 0.5) is 11.6 Å². The number of fused-ring (bicyclic) bond motifs is 3. The molecule has 0 fully saturated rings. The van der Waals surface area contributed by atoms with Crippen molar-refractivity contribution < 1.29 is 29.0 Å². The van der Waals surface area contributed by atoms with Crippen molar-refractivity contribution in [1.29, 1.82) is 0 Å². The quantitative estimate of drug-likeness (QED) is 0.127. The van der Waals surface area contributed by atoms with E-state index in [2.05, 4.69) is 39.4 Å². The molecule has 6 rings (SSSR count). The average molecular weight is 794 g/mol. The third kappa shape index (κ3) is 17.7. The molecular weight excluding hydrogens is 730 g/mol. The summed E-state index contributed by atoms with van der Waals surface area (Å²) in [5.74, 6) is 2.57. The van der Waals surface area contributed by atoms with Crippen LogP contribution in [0.2, 0.25) is 5.15 Å². The number of rotatable bonds is 0. The summed E-state index contributed by atoms with van der Waals surface area (Å²) in [5, 5.41) is 7.93. The van der Waals surface area contributed by atoms with Crippen LogP contribution in [0.1, 0.15) is 92.5 Å². The Balaban J connectivity index is -0.000000188. The standard InChI is InChI=1S/C8H8ClN3.2C8H10N4.2C3H6O2.C2H4O2.5CH4/c3*1-5-7-8(9)10-3-4-12(7)6(2)11-5;2*1-3(4)5-2;1-2(3)4;;;;;/h3-4H,1-2H3;2*3-4H,1-2H3,(H2,9,10);2*1-2H3;1H3,(H,3,4);5*1H4. The van der Waals surface area contributed by atoms with Gasteiger partial charge in [-0.15, -0.1) is 0 Å². The molecule has 18 heteroatoms. The van der Waals surface area contributed by atoms with Crippen LogP contribution < -0.4 is 11.5 Å². The zero-order valence-electron chi connectivity index (χ0n) is 30.0. The fourth-order valence-electron chi connectivity index (χ4n) is 4.18. The first-order chi connectivity index (χ1) is 23.4. The summed E-state index contributed by atoms with van der Waals surface area (Å²) in [5.41, 5.74) is 16.9. The monoisotopic (exact) mass is 793 g/mol. The number of imidazole rings is 3. The largest absolute Gasteiger partial charge is 0.481 e. The molecule has 17 nitrogen and oxygen atoms in total.